The minimum atomic E-state index is -0.615. The van der Waals surface area contributed by atoms with E-state index in [9.17, 15) is 4.79 Å². The number of hydrogen-bond donors (Lipinski definition) is 3. The largest absolute Gasteiger partial charge is 0.444 e. The van der Waals surface area contributed by atoms with Crippen molar-refractivity contribution in [2.24, 2.45) is 16.0 Å². The highest BCUT2D eigenvalue weighted by atomic mass is 16.6. The number of nitrogens with zero attached hydrogens (tertiary/aromatic N) is 4. The van der Waals surface area contributed by atoms with E-state index in [0.29, 0.717) is 17.1 Å². The maximum absolute atomic E-state index is 11.8. The lowest BCUT2D eigenvalue weighted by Gasteiger charge is -2.19. The van der Waals surface area contributed by atoms with Gasteiger partial charge in [-0.05, 0) is 45.0 Å². The molecule has 2 rings (SSSR count). The number of amides is 1. The zero-order valence-electron chi connectivity index (χ0n) is 15.8. The molecule has 4 N–H and O–H groups in total. The summed E-state index contributed by atoms with van der Waals surface area (Å²) in [6.45, 7) is 5.29. The first-order valence-corrected chi connectivity index (χ1v) is 8.32. The van der Waals surface area contributed by atoms with Crippen LogP contribution in [0.4, 0.5) is 10.6 Å². The lowest BCUT2D eigenvalue weighted by atomic mass is 10.2. The molecule has 0 aromatic carbocycles. The van der Waals surface area contributed by atoms with Crippen LogP contribution in [0.5, 0.6) is 0 Å². The zero-order valence-corrected chi connectivity index (χ0v) is 15.8. The van der Waals surface area contributed by atoms with E-state index in [4.69, 9.17) is 20.5 Å². The van der Waals surface area contributed by atoms with E-state index >= 15 is 0 Å². The molecule has 0 saturated heterocycles. The molecular weight excluding hydrogens is 364 g/mol. The van der Waals surface area contributed by atoms with Crippen molar-refractivity contribution < 1.29 is 19.6 Å². The quantitative estimate of drug-likeness (QED) is 0.299. The summed E-state index contributed by atoms with van der Waals surface area (Å²) in [7, 11) is 0. The van der Waals surface area contributed by atoms with Crippen LogP contribution in [0.15, 0.2) is 53.0 Å². The number of carbonyl (C=O) groups excluding carboxylic acids is 1. The molecular formula is C18H22N6O4. The number of rotatable bonds is 6. The molecule has 28 heavy (non-hydrogen) atoms. The Morgan fingerprint density at radius 3 is 2.71 bits per heavy atom. The second-order valence-electron chi connectivity index (χ2n) is 6.58. The number of anilines is 1. The summed E-state index contributed by atoms with van der Waals surface area (Å²) in [5.74, 6) is 0.0875. The van der Waals surface area contributed by atoms with Gasteiger partial charge in [0.2, 0.25) is 0 Å². The van der Waals surface area contributed by atoms with E-state index in [1.807, 2.05) is 0 Å². The number of carbonyl (C=O) groups is 1. The number of aromatic nitrogens is 2. The van der Waals surface area contributed by atoms with Gasteiger partial charge in [-0.25, -0.2) is 9.78 Å². The molecule has 0 atom stereocenters. The molecule has 1 amide bonds. The Kier molecular flexibility index (Phi) is 6.85. The van der Waals surface area contributed by atoms with Crippen molar-refractivity contribution in [3.8, 4) is 0 Å². The smallest absolute Gasteiger partial charge is 0.413 e. The van der Waals surface area contributed by atoms with Gasteiger partial charge in [0.1, 0.15) is 11.4 Å². The van der Waals surface area contributed by atoms with Gasteiger partial charge in [0.05, 0.1) is 5.69 Å². The molecule has 2 aromatic rings. The number of nitrogens with two attached hydrogens (primary N) is 1. The molecule has 0 aliphatic heterocycles. The van der Waals surface area contributed by atoms with Crippen LogP contribution in [-0.4, -0.2) is 38.4 Å². The summed E-state index contributed by atoms with van der Waals surface area (Å²) in [4.78, 5) is 25.3. The SMILES string of the molecule is CC(C)(C)OC(=O)Nc1cccc(CON=C(C(N)=NO)c2cccnc2)n1. The van der Waals surface area contributed by atoms with Gasteiger partial charge < -0.3 is 20.5 Å². The lowest BCUT2D eigenvalue weighted by molar-refractivity contribution is 0.0635. The normalized spacial score (nSPS) is 12.4. The summed E-state index contributed by atoms with van der Waals surface area (Å²) in [6.07, 6.45) is 2.48. The molecule has 0 aliphatic carbocycles. The predicted octanol–water partition coefficient (Wildman–Crippen LogP) is 2.49. The van der Waals surface area contributed by atoms with Crippen molar-refractivity contribution in [2.45, 2.75) is 33.0 Å². The number of hydrogen-bond acceptors (Lipinski definition) is 8. The van der Waals surface area contributed by atoms with Gasteiger partial charge in [0.25, 0.3) is 0 Å². The van der Waals surface area contributed by atoms with E-state index in [1.165, 1.54) is 6.20 Å². The Morgan fingerprint density at radius 2 is 2.07 bits per heavy atom. The molecule has 148 valence electrons. The van der Waals surface area contributed by atoms with Crippen molar-refractivity contribution in [3.63, 3.8) is 0 Å². The van der Waals surface area contributed by atoms with Gasteiger partial charge in [0.15, 0.2) is 18.2 Å². The lowest BCUT2D eigenvalue weighted by Crippen LogP contribution is -2.27. The van der Waals surface area contributed by atoms with Crippen molar-refractivity contribution in [3.05, 3.63) is 54.0 Å². The highest BCUT2D eigenvalue weighted by Crippen LogP contribution is 2.11. The van der Waals surface area contributed by atoms with Crippen LogP contribution in [0.1, 0.15) is 32.0 Å². The van der Waals surface area contributed by atoms with Crippen molar-refractivity contribution in [1.29, 1.82) is 0 Å². The standard InChI is InChI=1S/C18H22N6O4/c1-18(2,3)28-17(25)22-14-8-4-7-13(21-14)11-27-24-15(16(19)23-26)12-6-5-9-20-10-12/h4-10,26H,11H2,1-3H3,(H2,19,23)(H,21,22,25). The Bertz CT molecular complexity index is 862. The molecule has 2 aromatic heterocycles. The van der Waals surface area contributed by atoms with Gasteiger partial charge in [-0.3, -0.25) is 10.3 Å². The molecule has 10 nitrogen and oxygen atoms in total. The van der Waals surface area contributed by atoms with Crippen LogP contribution in [0.3, 0.4) is 0 Å². The second-order valence-corrected chi connectivity index (χ2v) is 6.58. The van der Waals surface area contributed by atoms with Crippen LogP contribution in [0.2, 0.25) is 0 Å². The first-order chi connectivity index (χ1) is 13.3. The number of nitrogens with one attached hydrogen (secondary N) is 1. The molecule has 0 spiro atoms. The van der Waals surface area contributed by atoms with Crippen LogP contribution < -0.4 is 11.1 Å². The summed E-state index contributed by atoms with van der Waals surface area (Å²) in [5.41, 5.74) is 6.17. The molecule has 0 radical (unpaired) electrons. The van der Waals surface area contributed by atoms with E-state index < -0.39 is 11.7 Å². The average molecular weight is 386 g/mol. The minimum Gasteiger partial charge on any atom is -0.444 e. The monoisotopic (exact) mass is 386 g/mol. The maximum Gasteiger partial charge on any atom is 0.413 e. The van der Waals surface area contributed by atoms with Gasteiger partial charge in [-0.1, -0.05) is 16.4 Å². The highest BCUT2D eigenvalue weighted by Gasteiger charge is 2.16. The first-order valence-electron chi connectivity index (χ1n) is 8.32. The van der Waals surface area contributed by atoms with Gasteiger partial charge in [-0.2, -0.15) is 0 Å². The fraction of sp³-hybridized carbons (Fsp3) is 0.278. The fourth-order valence-corrected chi connectivity index (χ4v) is 2.00. The minimum absolute atomic E-state index is 0.00763. The summed E-state index contributed by atoms with van der Waals surface area (Å²) < 4.78 is 5.18. The third-order valence-corrected chi connectivity index (χ3v) is 3.09. The Balaban J connectivity index is 2.05. The number of pyridine rings is 2. The molecule has 0 aliphatic rings. The van der Waals surface area contributed by atoms with Crippen molar-refractivity contribution in [1.82, 2.24) is 9.97 Å². The zero-order chi connectivity index (χ0) is 20.6. The third-order valence-electron chi connectivity index (χ3n) is 3.09. The second kappa shape index (κ2) is 9.31. The topological polar surface area (TPSA) is 144 Å². The van der Waals surface area contributed by atoms with Gasteiger partial charge in [0, 0.05) is 18.0 Å². The molecule has 0 fully saturated rings. The maximum atomic E-state index is 11.8. The van der Waals surface area contributed by atoms with E-state index in [0.717, 1.165) is 0 Å². The van der Waals surface area contributed by atoms with Crippen molar-refractivity contribution in [2.75, 3.05) is 5.32 Å². The number of amidine groups is 1. The number of ether oxygens (including phenoxy) is 1. The average Bonchev–Trinajstić information content (AvgIpc) is 2.64. The summed E-state index contributed by atoms with van der Waals surface area (Å²) >= 11 is 0. The summed E-state index contributed by atoms with van der Waals surface area (Å²) in [5, 5.41) is 18.3. The summed E-state index contributed by atoms with van der Waals surface area (Å²) in [6, 6.07) is 8.39. The van der Waals surface area contributed by atoms with Crippen LogP contribution in [-0.2, 0) is 16.2 Å². The predicted molar refractivity (Wildman–Crippen MR) is 103 cm³/mol. The molecule has 10 heteroatoms. The number of oxime groups is 2. The Hall–Kier alpha value is -3.69. The fourth-order valence-electron chi connectivity index (χ4n) is 2.00. The van der Waals surface area contributed by atoms with Gasteiger partial charge in [-0.15, -0.1) is 0 Å². The van der Waals surface area contributed by atoms with E-state index in [1.54, 1.807) is 57.3 Å². The Morgan fingerprint density at radius 1 is 1.29 bits per heavy atom. The van der Waals surface area contributed by atoms with Crippen LogP contribution in [0.25, 0.3) is 0 Å². The highest BCUT2D eigenvalue weighted by molar-refractivity contribution is 6.46. The first kappa shape index (κ1) is 20.6. The van der Waals surface area contributed by atoms with Crippen LogP contribution in [0, 0.1) is 0 Å². The molecule has 0 unspecified atom stereocenters. The molecule has 2 heterocycles. The van der Waals surface area contributed by atoms with Gasteiger partial charge >= 0.3 is 6.09 Å². The molecule has 0 bridgehead atoms. The van der Waals surface area contributed by atoms with E-state index in [-0.39, 0.29) is 18.2 Å². The molecule has 0 saturated carbocycles. The van der Waals surface area contributed by atoms with Crippen molar-refractivity contribution >= 4 is 23.5 Å². The van der Waals surface area contributed by atoms with Crippen LogP contribution >= 0.6 is 0 Å². The van der Waals surface area contributed by atoms with E-state index in [2.05, 4.69) is 25.6 Å². The Labute approximate surface area is 162 Å². The third kappa shape index (κ3) is 6.56.